The number of carbonyl (C=O) groups is 1. The molecule has 7 heteroatoms. The number of nitrogens with two attached hydrogens (primary N) is 2. The minimum atomic E-state index is -1.16. The molecule has 0 aromatic carbocycles. The van der Waals surface area contributed by atoms with Crippen LogP contribution in [0.3, 0.4) is 0 Å². The van der Waals surface area contributed by atoms with Crippen molar-refractivity contribution in [2.75, 3.05) is 6.54 Å². The number of amidine groups is 1. The molecule has 0 aliphatic carbocycles. The molecule has 0 radical (unpaired) electrons. The molecule has 108 valence electrons. The molecule has 0 rings (SSSR count). The first kappa shape index (κ1) is 22.4. The summed E-state index contributed by atoms with van der Waals surface area (Å²) in [6.45, 7) is 5.73. The fraction of sp³-hybridized carbons (Fsp3) is 0.636. The summed E-state index contributed by atoms with van der Waals surface area (Å²) < 4.78 is 0. The van der Waals surface area contributed by atoms with Crippen molar-refractivity contribution in [1.82, 2.24) is 0 Å². The molecular weight excluding hydrogens is 277 g/mol. The number of carboxylic acids is 1. The van der Waals surface area contributed by atoms with Gasteiger partial charge in [-0.15, -0.1) is 24.8 Å². The van der Waals surface area contributed by atoms with E-state index in [4.69, 9.17) is 16.6 Å². The number of carboxylic acid groups (broad SMARTS) is 1. The van der Waals surface area contributed by atoms with Crippen molar-refractivity contribution < 1.29 is 9.90 Å². The maximum Gasteiger partial charge on any atom is 0.323 e. The van der Waals surface area contributed by atoms with Crippen LogP contribution < -0.4 is 11.5 Å². The molecule has 0 aromatic heterocycles. The van der Waals surface area contributed by atoms with Gasteiger partial charge >= 0.3 is 5.97 Å². The van der Waals surface area contributed by atoms with Gasteiger partial charge in [-0.2, -0.15) is 0 Å². The second kappa shape index (κ2) is 10.2. The largest absolute Gasteiger partial charge is 0.480 e. The summed E-state index contributed by atoms with van der Waals surface area (Å²) in [7, 11) is 0. The van der Waals surface area contributed by atoms with E-state index in [2.05, 4.69) is 4.99 Å². The van der Waals surface area contributed by atoms with Crippen LogP contribution >= 0.6 is 24.8 Å². The Morgan fingerprint density at radius 1 is 1.39 bits per heavy atom. The van der Waals surface area contributed by atoms with E-state index in [0.29, 0.717) is 25.2 Å². The van der Waals surface area contributed by atoms with E-state index in [-0.39, 0.29) is 24.8 Å². The smallest absolute Gasteiger partial charge is 0.323 e. The van der Waals surface area contributed by atoms with Crippen LogP contribution in [0.4, 0.5) is 0 Å². The average Bonchev–Trinajstić information content (AvgIpc) is 2.14. The zero-order valence-electron chi connectivity index (χ0n) is 11.0. The summed E-state index contributed by atoms with van der Waals surface area (Å²) >= 11 is 0. The van der Waals surface area contributed by atoms with Gasteiger partial charge in [0.1, 0.15) is 5.54 Å². The molecule has 0 bridgehead atoms. The highest BCUT2D eigenvalue weighted by Crippen LogP contribution is 2.10. The number of aliphatic imine (C=N–C) groups is 1. The third-order valence-electron chi connectivity index (χ3n) is 2.22. The van der Waals surface area contributed by atoms with Crippen LogP contribution in [0.5, 0.6) is 0 Å². The summed E-state index contributed by atoms with van der Waals surface area (Å²) in [5.41, 5.74) is 10.9. The van der Waals surface area contributed by atoms with E-state index in [1.807, 2.05) is 13.0 Å². The summed E-state index contributed by atoms with van der Waals surface area (Å²) in [6, 6.07) is 0. The van der Waals surface area contributed by atoms with Gasteiger partial charge in [0.05, 0.1) is 12.4 Å². The van der Waals surface area contributed by atoms with Crippen LogP contribution in [-0.2, 0) is 4.79 Å². The number of hydrogen-bond donors (Lipinski definition) is 3. The molecule has 0 fully saturated rings. The van der Waals surface area contributed by atoms with Crippen molar-refractivity contribution in [3.8, 4) is 0 Å². The molecular formula is C11H23Cl2N3O2. The molecule has 0 amide bonds. The van der Waals surface area contributed by atoms with Crippen molar-refractivity contribution in [2.24, 2.45) is 16.5 Å². The molecule has 1 atom stereocenters. The normalized spacial score (nSPS) is 15.1. The van der Waals surface area contributed by atoms with Crippen LogP contribution in [-0.4, -0.2) is 29.0 Å². The van der Waals surface area contributed by atoms with E-state index in [9.17, 15) is 4.79 Å². The number of hydrogen-bond acceptors (Lipinski definition) is 3. The first-order valence-electron chi connectivity index (χ1n) is 5.20. The molecule has 0 unspecified atom stereocenters. The van der Waals surface area contributed by atoms with Crippen LogP contribution in [0, 0.1) is 0 Å². The van der Waals surface area contributed by atoms with Gasteiger partial charge in [0.2, 0.25) is 0 Å². The van der Waals surface area contributed by atoms with E-state index in [0.717, 1.165) is 5.57 Å². The highest BCUT2D eigenvalue weighted by Gasteiger charge is 2.26. The van der Waals surface area contributed by atoms with Crippen molar-refractivity contribution in [3.63, 3.8) is 0 Å². The highest BCUT2D eigenvalue weighted by molar-refractivity contribution is 5.85. The minimum absolute atomic E-state index is 0. The zero-order chi connectivity index (χ0) is 12.8. The van der Waals surface area contributed by atoms with Gasteiger partial charge in [-0.25, -0.2) is 0 Å². The molecule has 0 saturated heterocycles. The summed E-state index contributed by atoms with van der Waals surface area (Å²) in [6.07, 6.45) is 2.98. The summed E-state index contributed by atoms with van der Waals surface area (Å²) in [4.78, 5) is 14.8. The van der Waals surface area contributed by atoms with E-state index in [1.54, 1.807) is 6.92 Å². The molecule has 5 N–H and O–H groups in total. The zero-order valence-corrected chi connectivity index (χ0v) is 12.6. The van der Waals surface area contributed by atoms with Crippen molar-refractivity contribution in [1.29, 1.82) is 0 Å². The van der Waals surface area contributed by atoms with Gasteiger partial charge in [-0.05, 0) is 33.6 Å². The molecule has 0 heterocycles. The topological polar surface area (TPSA) is 102 Å². The number of rotatable bonds is 6. The SMILES string of the molecule is CC(N)=NC/C(C)=C\CC[C@@](C)(N)C(=O)O.Cl.Cl. The van der Waals surface area contributed by atoms with Gasteiger partial charge in [0.25, 0.3) is 0 Å². The average molecular weight is 300 g/mol. The number of allylic oxidation sites excluding steroid dienone is 1. The molecule has 0 spiro atoms. The Kier molecular flexibility index (Phi) is 12.7. The second-order valence-electron chi connectivity index (χ2n) is 4.27. The predicted molar refractivity (Wildman–Crippen MR) is 79.9 cm³/mol. The Balaban J connectivity index is -0.00000112. The highest BCUT2D eigenvalue weighted by atomic mass is 35.5. The Labute approximate surface area is 121 Å². The van der Waals surface area contributed by atoms with Crippen molar-refractivity contribution in [2.45, 2.75) is 39.2 Å². The van der Waals surface area contributed by atoms with Gasteiger partial charge in [0.15, 0.2) is 0 Å². The van der Waals surface area contributed by atoms with Crippen molar-refractivity contribution in [3.05, 3.63) is 11.6 Å². The lowest BCUT2D eigenvalue weighted by atomic mass is 9.97. The third-order valence-corrected chi connectivity index (χ3v) is 2.22. The Morgan fingerprint density at radius 3 is 2.28 bits per heavy atom. The lowest BCUT2D eigenvalue weighted by Crippen LogP contribution is -2.44. The maximum absolute atomic E-state index is 10.7. The van der Waals surface area contributed by atoms with Gasteiger partial charge in [0, 0.05) is 0 Å². The molecule has 0 aliphatic rings. The number of aliphatic carboxylic acids is 1. The standard InChI is InChI=1S/C11H21N3O2.2ClH/c1-8(7-14-9(2)12)5-4-6-11(3,13)10(15)16;;/h5H,4,6-7,13H2,1-3H3,(H2,12,14)(H,15,16);2*1H/b8-5-;;/t11-;;/m1../s1. The van der Waals surface area contributed by atoms with Crippen LogP contribution in [0.2, 0.25) is 0 Å². The quantitative estimate of drug-likeness (QED) is 0.395. The first-order chi connectivity index (χ1) is 7.25. The van der Waals surface area contributed by atoms with Gasteiger partial charge in [-0.1, -0.05) is 11.6 Å². The van der Waals surface area contributed by atoms with E-state index < -0.39 is 11.5 Å². The monoisotopic (exact) mass is 299 g/mol. The van der Waals surface area contributed by atoms with Crippen molar-refractivity contribution >= 4 is 36.6 Å². The Hall–Kier alpha value is -0.780. The number of nitrogens with zero attached hydrogens (tertiary/aromatic N) is 1. The van der Waals surface area contributed by atoms with Crippen LogP contribution in [0.1, 0.15) is 33.6 Å². The van der Waals surface area contributed by atoms with Crippen LogP contribution in [0.15, 0.2) is 16.6 Å². The third kappa shape index (κ3) is 10.4. The molecule has 0 saturated carbocycles. The molecule has 0 aromatic rings. The minimum Gasteiger partial charge on any atom is -0.480 e. The van der Waals surface area contributed by atoms with E-state index in [1.165, 1.54) is 6.92 Å². The predicted octanol–water partition coefficient (Wildman–Crippen LogP) is 1.74. The maximum atomic E-state index is 10.7. The fourth-order valence-corrected chi connectivity index (χ4v) is 1.04. The fourth-order valence-electron chi connectivity index (χ4n) is 1.04. The number of halogens is 2. The lowest BCUT2D eigenvalue weighted by molar-refractivity contribution is -0.142. The second-order valence-corrected chi connectivity index (χ2v) is 4.27. The first-order valence-corrected chi connectivity index (χ1v) is 5.20. The summed E-state index contributed by atoms with van der Waals surface area (Å²) in [5.74, 6) is -0.434. The molecule has 5 nitrogen and oxygen atoms in total. The van der Waals surface area contributed by atoms with Crippen LogP contribution in [0.25, 0.3) is 0 Å². The molecule has 0 aliphatic heterocycles. The summed E-state index contributed by atoms with van der Waals surface area (Å²) in [5, 5.41) is 8.80. The molecule has 18 heavy (non-hydrogen) atoms. The Morgan fingerprint density at radius 2 is 1.89 bits per heavy atom. The van der Waals surface area contributed by atoms with Gasteiger partial charge < -0.3 is 16.6 Å². The van der Waals surface area contributed by atoms with E-state index >= 15 is 0 Å². The lowest BCUT2D eigenvalue weighted by Gasteiger charge is -2.17. The van der Waals surface area contributed by atoms with Gasteiger partial charge in [-0.3, -0.25) is 9.79 Å². The Bertz CT molecular complexity index is 311.